The molecule has 4 aromatic rings. The van der Waals surface area contributed by atoms with Crippen molar-refractivity contribution in [1.82, 2.24) is 24.2 Å². The van der Waals surface area contributed by atoms with Crippen molar-refractivity contribution < 1.29 is 22.3 Å². The van der Waals surface area contributed by atoms with E-state index in [-0.39, 0.29) is 16.8 Å². The molecule has 0 bridgehead atoms. The Morgan fingerprint density at radius 3 is 2.74 bits per heavy atom. The second-order valence-corrected chi connectivity index (χ2v) is 9.63. The maximum atomic E-state index is 15.3. The minimum atomic E-state index is -3.92. The standard InChI is InChI=1S/C23H21FN6O4S/c1-34-19-7-8-25-22(28-19)14-11-16-17(13-27-23(16)26-12-14)21(31)15-5-4-6-18(20(15)24)29-35(32,33)30-9-2-3-10-30/h4-8,11-13,29H,2-3,9-10H2,1H3,(H,26,27). The summed E-state index contributed by atoms with van der Waals surface area (Å²) in [6.45, 7) is 0.745. The van der Waals surface area contributed by atoms with E-state index < -0.39 is 21.8 Å². The molecule has 0 unspecified atom stereocenters. The predicted octanol–water partition coefficient (Wildman–Crippen LogP) is 3.15. The van der Waals surface area contributed by atoms with Gasteiger partial charge in [-0.15, -0.1) is 0 Å². The van der Waals surface area contributed by atoms with Crippen LogP contribution in [-0.4, -0.2) is 58.6 Å². The first-order valence-electron chi connectivity index (χ1n) is 10.8. The highest BCUT2D eigenvalue weighted by atomic mass is 32.2. The molecule has 5 rings (SSSR count). The van der Waals surface area contributed by atoms with E-state index in [1.54, 1.807) is 24.5 Å². The Morgan fingerprint density at radius 2 is 1.97 bits per heavy atom. The van der Waals surface area contributed by atoms with E-state index in [4.69, 9.17) is 4.74 Å². The lowest BCUT2D eigenvalue weighted by Crippen LogP contribution is -2.33. The van der Waals surface area contributed by atoms with E-state index >= 15 is 4.39 Å². The molecule has 35 heavy (non-hydrogen) atoms. The average Bonchev–Trinajstić information content (AvgIpc) is 3.55. The molecule has 4 heterocycles. The SMILES string of the molecule is COc1ccnc(-c2cnc3[nH]cc(C(=O)c4cccc(NS(=O)(=O)N5CCCC5)c4F)c3c2)n1. The number of pyridine rings is 1. The molecule has 0 radical (unpaired) electrons. The van der Waals surface area contributed by atoms with Crippen molar-refractivity contribution >= 4 is 32.7 Å². The monoisotopic (exact) mass is 496 g/mol. The summed E-state index contributed by atoms with van der Waals surface area (Å²) in [7, 11) is -2.43. The van der Waals surface area contributed by atoms with Crippen molar-refractivity contribution in [1.29, 1.82) is 0 Å². The van der Waals surface area contributed by atoms with Gasteiger partial charge in [0.05, 0.1) is 18.4 Å². The van der Waals surface area contributed by atoms with Crippen molar-refractivity contribution in [2.75, 3.05) is 24.9 Å². The number of anilines is 1. The highest BCUT2D eigenvalue weighted by molar-refractivity contribution is 7.90. The maximum absolute atomic E-state index is 15.3. The Hall–Kier alpha value is -3.90. The van der Waals surface area contributed by atoms with Crippen LogP contribution < -0.4 is 9.46 Å². The number of ether oxygens (including phenoxy) is 1. The van der Waals surface area contributed by atoms with Gasteiger partial charge in [0.15, 0.2) is 17.4 Å². The largest absolute Gasteiger partial charge is 0.481 e. The molecule has 180 valence electrons. The van der Waals surface area contributed by atoms with Crippen LogP contribution in [0.4, 0.5) is 10.1 Å². The van der Waals surface area contributed by atoms with Gasteiger partial charge in [0.2, 0.25) is 5.88 Å². The number of nitrogens with one attached hydrogen (secondary N) is 2. The molecule has 1 aliphatic heterocycles. The third-order valence-corrected chi connectivity index (χ3v) is 7.28. The van der Waals surface area contributed by atoms with Crippen LogP contribution >= 0.6 is 0 Å². The second kappa shape index (κ2) is 9.04. The predicted molar refractivity (Wildman–Crippen MR) is 127 cm³/mol. The van der Waals surface area contributed by atoms with Gasteiger partial charge in [-0.1, -0.05) is 6.07 Å². The number of carbonyl (C=O) groups excluding carboxylic acids is 1. The fourth-order valence-electron chi connectivity index (χ4n) is 3.97. The molecule has 1 aromatic carbocycles. The molecule has 0 atom stereocenters. The molecule has 3 aromatic heterocycles. The highest BCUT2D eigenvalue weighted by Gasteiger charge is 2.27. The minimum Gasteiger partial charge on any atom is -0.481 e. The number of H-pyrrole nitrogens is 1. The molecular formula is C23H21FN6O4S. The summed E-state index contributed by atoms with van der Waals surface area (Å²) in [5.41, 5.74) is 0.585. The summed E-state index contributed by atoms with van der Waals surface area (Å²) in [5.74, 6) is -0.852. The third-order valence-electron chi connectivity index (χ3n) is 5.76. The lowest BCUT2D eigenvalue weighted by Gasteiger charge is -2.17. The van der Waals surface area contributed by atoms with Crippen LogP contribution in [0.3, 0.4) is 0 Å². The zero-order valence-electron chi connectivity index (χ0n) is 18.7. The summed E-state index contributed by atoms with van der Waals surface area (Å²) in [6, 6.07) is 7.31. The fourth-order valence-corrected chi connectivity index (χ4v) is 5.28. The van der Waals surface area contributed by atoms with Crippen molar-refractivity contribution in [3.63, 3.8) is 0 Å². The first-order chi connectivity index (χ1) is 16.9. The Bertz CT molecular complexity index is 1530. The molecule has 2 N–H and O–H groups in total. The van der Waals surface area contributed by atoms with Crippen molar-refractivity contribution in [2.45, 2.75) is 12.8 Å². The number of ketones is 1. The molecule has 0 amide bonds. The van der Waals surface area contributed by atoms with E-state index in [1.165, 1.54) is 35.8 Å². The van der Waals surface area contributed by atoms with Gasteiger partial charge in [0.1, 0.15) is 5.65 Å². The first kappa shape index (κ1) is 22.9. The number of aromatic nitrogens is 4. The molecule has 1 aliphatic rings. The van der Waals surface area contributed by atoms with Gasteiger partial charge in [-0.25, -0.2) is 14.4 Å². The van der Waals surface area contributed by atoms with Crippen molar-refractivity contribution in [2.24, 2.45) is 0 Å². The van der Waals surface area contributed by atoms with Gasteiger partial charge in [-0.2, -0.15) is 17.7 Å². The molecule has 0 saturated carbocycles. The maximum Gasteiger partial charge on any atom is 0.301 e. The Morgan fingerprint density at radius 1 is 1.17 bits per heavy atom. The third kappa shape index (κ3) is 4.33. The molecule has 0 aliphatic carbocycles. The Kier molecular flexibility index (Phi) is 5.91. The van der Waals surface area contributed by atoms with Gasteiger partial charge < -0.3 is 9.72 Å². The van der Waals surface area contributed by atoms with E-state index in [0.717, 1.165) is 12.8 Å². The molecule has 10 nitrogen and oxygen atoms in total. The van der Waals surface area contributed by atoms with Gasteiger partial charge in [0.25, 0.3) is 0 Å². The second-order valence-electron chi connectivity index (χ2n) is 7.95. The van der Waals surface area contributed by atoms with E-state index in [0.29, 0.717) is 41.4 Å². The zero-order chi connectivity index (χ0) is 24.6. The number of aromatic amines is 1. The fraction of sp³-hybridized carbons (Fsp3) is 0.217. The quantitative estimate of drug-likeness (QED) is 0.376. The van der Waals surface area contributed by atoms with Gasteiger partial charge in [0, 0.05) is 54.3 Å². The normalized spacial score (nSPS) is 14.3. The Labute approximate surface area is 200 Å². The van der Waals surface area contributed by atoms with Gasteiger partial charge >= 0.3 is 10.2 Å². The number of nitrogens with zero attached hydrogens (tertiary/aromatic N) is 4. The summed E-state index contributed by atoms with van der Waals surface area (Å²) in [6.07, 6.45) is 6.03. The lowest BCUT2D eigenvalue weighted by atomic mass is 10.0. The number of fused-ring (bicyclic) bond motifs is 1. The summed E-state index contributed by atoms with van der Waals surface area (Å²) >= 11 is 0. The molecule has 12 heteroatoms. The summed E-state index contributed by atoms with van der Waals surface area (Å²) in [5, 5.41) is 0.446. The number of methoxy groups -OCH3 is 1. The van der Waals surface area contributed by atoms with Crippen LogP contribution in [0.2, 0.25) is 0 Å². The smallest absolute Gasteiger partial charge is 0.301 e. The van der Waals surface area contributed by atoms with E-state index in [9.17, 15) is 13.2 Å². The van der Waals surface area contributed by atoms with E-state index in [2.05, 4.69) is 24.7 Å². The zero-order valence-corrected chi connectivity index (χ0v) is 19.5. The lowest BCUT2D eigenvalue weighted by molar-refractivity contribution is 0.103. The van der Waals surface area contributed by atoms with Crippen LogP contribution in [0.5, 0.6) is 5.88 Å². The molecular weight excluding hydrogens is 475 g/mol. The summed E-state index contributed by atoms with van der Waals surface area (Å²) < 4.78 is 49.2. The number of rotatable bonds is 7. The summed E-state index contributed by atoms with van der Waals surface area (Å²) in [4.78, 5) is 29.1. The van der Waals surface area contributed by atoms with Crippen LogP contribution in [0.15, 0.2) is 48.9 Å². The van der Waals surface area contributed by atoms with E-state index in [1.807, 2.05) is 0 Å². The van der Waals surface area contributed by atoms with Crippen LogP contribution in [-0.2, 0) is 10.2 Å². The highest BCUT2D eigenvalue weighted by Crippen LogP contribution is 2.28. The molecule has 0 spiro atoms. The number of halogens is 1. The van der Waals surface area contributed by atoms with Crippen LogP contribution in [0.1, 0.15) is 28.8 Å². The van der Waals surface area contributed by atoms with Crippen molar-refractivity contribution in [3.8, 4) is 17.3 Å². The van der Waals surface area contributed by atoms with Crippen LogP contribution in [0, 0.1) is 5.82 Å². The topological polar surface area (TPSA) is 130 Å². The molecule has 1 saturated heterocycles. The van der Waals surface area contributed by atoms with Crippen molar-refractivity contribution in [3.05, 3.63) is 65.9 Å². The average molecular weight is 497 g/mol. The number of carbonyl (C=O) groups is 1. The Balaban J connectivity index is 1.50. The number of hydrogen-bond donors (Lipinski definition) is 2. The van der Waals surface area contributed by atoms with Gasteiger partial charge in [-0.3, -0.25) is 9.52 Å². The minimum absolute atomic E-state index is 0.177. The molecule has 1 fully saturated rings. The first-order valence-corrected chi connectivity index (χ1v) is 12.3. The number of benzene rings is 1. The number of hydrogen-bond acceptors (Lipinski definition) is 7. The van der Waals surface area contributed by atoms with Gasteiger partial charge in [-0.05, 0) is 31.0 Å². The van der Waals surface area contributed by atoms with Crippen LogP contribution in [0.25, 0.3) is 22.4 Å².